The molecule has 1 saturated heterocycles. The molecular formula is C17H20F3NO3S. The Morgan fingerprint density at radius 3 is 2.52 bits per heavy atom. The van der Waals surface area contributed by atoms with E-state index < -0.39 is 33.4 Å². The lowest BCUT2D eigenvalue weighted by Gasteiger charge is -2.27. The van der Waals surface area contributed by atoms with Gasteiger partial charge in [-0.3, -0.25) is 4.79 Å². The third kappa shape index (κ3) is 3.68. The van der Waals surface area contributed by atoms with Crippen LogP contribution in [0.25, 0.3) is 0 Å². The molecule has 1 aliphatic heterocycles. The van der Waals surface area contributed by atoms with Crippen molar-refractivity contribution >= 4 is 15.7 Å². The number of halogens is 3. The summed E-state index contributed by atoms with van der Waals surface area (Å²) < 4.78 is 62.8. The molecule has 0 radical (unpaired) electrons. The van der Waals surface area contributed by atoms with Crippen LogP contribution in [0, 0.1) is 5.92 Å². The number of nitrogens with zero attached hydrogens (tertiary/aromatic N) is 1. The first-order valence-electron chi connectivity index (χ1n) is 8.31. The van der Waals surface area contributed by atoms with Crippen LogP contribution in [0.3, 0.4) is 0 Å². The molecule has 0 unspecified atom stereocenters. The van der Waals surface area contributed by atoms with Gasteiger partial charge in [-0.1, -0.05) is 18.2 Å². The fraction of sp³-hybridized carbons (Fsp3) is 0.588. The first-order chi connectivity index (χ1) is 11.6. The number of hydrogen-bond acceptors (Lipinski definition) is 3. The SMILES string of the molecule is CCN(C(=O)[C@@H]1C[C@H]1c1ccccc1C(F)(F)F)[C@@H]1CCS(=O)(=O)C1. The van der Waals surface area contributed by atoms with Gasteiger partial charge in [0.15, 0.2) is 9.84 Å². The Labute approximate surface area is 144 Å². The minimum Gasteiger partial charge on any atom is -0.339 e. The van der Waals surface area contributed by atoms with Crippen molar-refractivity contribution in [2.75, 3.05) is 18.1 Å². The van der Waals surface area contributed by atoms with Gasteiger partial charge >= 0.3 is 6.18 Å². The van der Waals surface area contributed by atoms with Crippen LogP contribution in [0.5, 0.6) is 0 Å². The summed E-state index contributed by atoms with van der Waals surface area (Å²) in [5.74, 6) is -1.16. The summed E-state index contributed by atoms with van der Waals surface area (Å²) >= 11 is 0. The summed E-state index contributed by atoms with van der Waals surface area (Å²) in [7, 11) is -3.12. The van der Waals surface area contributed by atoms with E-state index in [1.807, 2.05) is 0 Å². The topological polar surface area (TPSA) is 54.5 Å². The quantitative estimate of drug-likeness (QED) is 0.813. The normalized spacial score (nSPS) is 27.9. The van der Waals surface area contributed by atoms with E-state index in [1.54, 1.807) is 13.0 Å². The van der Waals surface area contributed by atoms with Gasteiger partial charge in [0.2, 0.25) is 5.91 Å². The Hall–Kier alpha value is -1.57. The highest BCUT2D eigenvalue weighted by atomic mass is 32.2. The van der Waals surface area contributed by atoms with Crippen LogP contribution < -0.4 is 0 Å². The van der Waals surface area contributed by atoms with Gasteiger partial charge in [-0.05, 0) is 37.3 Å². The Balaban J connectivity index is 1.76. The zero-order chi connectivity index (χ0) is 18.4. The molecule has 0 spiro atoms. The van der Waals surface area contributed by atoms with Gasteiger partial charge in [0.1, 0.15) is 0 Å². The van der Waals surface area contributed by atoms with Crippen LogP contribution in [0.1, 0.15) is 36.8 Å². The van der Waals surface area contributed by atoms with Crippen LogP contribution in [0.2, 0.25) is 0 Å². The van der Waals surface area contributed by atoms with E-state index in [4.69, 9.17) is 0 Å². The fourth-order valence-electron chi connectivity index (χ4n) is 3.72. The smallest absolute Gasteiger partial charge is 0.339 e. The van der Waals surface area contributed by atoms with Gasteiger partial charge in [0, 0.05) is 18.5 Å². The minimum atomic E-state index is -4.45. The van der Waals surface area contributed by atoms with E-state index in [1.165, 1.54) is 17.0 Å². The molecule has 1 aliphatic carbocycles. The Morgan fingerprint density at radius 1 is 1.28 bits per heavy atom. The molecule has 1 saturated carbocycles. The van der Waals surface area contributed by atoms with Crippen LogP contribution in [0.4, 0.5) is 13.2 Å². The maximum absolute atomic E-state index is 13.2. The second-order valence-corrected chi connectivity index (χ2v) is 8.94. The van der Waals surface area contributed by atoms with E-state index in [2.05, 4.69) is 0 Å². The largest absolute Gasteiger partial charge is 0.416 e. The van der Waals surface area contributed by atoms with Crippen molar-refractivity contribution in [2.24, 2.45) is 5.92 Å². The zero-order valence-corrected chi connectivity index (χ0v) is 14.6. The number of carbonyl (C=O) groups is 1. The molecule has 0 N–H and O–H groups in total. The second-order valence-electron chi connectivity index (χ2n) is 6.71. The van der Waals surface area contributed by atoms with E-state index in [9.17, 15) is 26.4 Å². The highest BCUT2D eigenvalue weighted by Gasteiger charge is 2.50. The average molecular weight is 375 g/mol. The van der Waals surface area contributed by atoms with E-state index in [0.717, 1.165) is 6.07 Å². The highest BCUT2D eigenvalue weighted by molar-refractivity contribution is 7.91. The summed E-state index contributed by atoms with van der Waals surface area (Å²) in [5, 5.41) is 0. The Morgan fingerprint density at radius 2 is 1.96 bits per heavy atom. The first-order valence-corrected chi connectivity index (χ1v) is 10.1. The van der Waals surface area contributed by atoms with Crippen LogP contribution in [0.15, 0.2) is 24.3 Å². The van der Waals surface area contributed by atoms with Gasteiger partial charge < -0.3 is 4.90 Å². The van der Waals surface area contributed by atoms with Crippen molar-refractivity contribution in [3.63, 3.8) is 0 Å². The number of alkyl halides is 3. The van der Waals surface area contributed by atoms with Crippen LogP contribution >= 0.6 is 0 Å². The van der Waals surface area contributed by atoms with Crippen molar-refractivity contribution in [2.45, 2.75) is 37.9 Å². The lowest BCUT2D eigenvalue weighted by molar-refractivity contribution is -0.139. The molecule has 1 heterocycles. The monoisotopic (exact) mass is 375 g/mol. The number of sulfone groups is 1. The third-order valence-electron chi connectivity index (χ3n) is 5.05. The summed E-state index contributed by atoms with van der Waals surface area (Å²) in [5.41, 5.74) is -0.537. The van der Waals surface area contributed by atoms with Gasteiger partial charge in [-0.2, -0.15) is 13.2 Å². The van der Waals surface area contributed by atoms with Crippen LogP contribution in [-0.4, -0.2) is 43.3 Å². The summed E-state index contributed by atoms with van der Waals surface area (Å²) in [6.07, 6.45) is -3.67. The molecule has 1 amide bonds. The predicted octanol–water partition coefficient (Wildman–Crippen LogP) is 2.84. The maximum Gasteiger partial charge on any atom is 0.416 e. The van der Waals surface area contributed by atoms with Gasteiger partial charge in [0.05, 0.1) is 17.1 Å². The molecule has 1 aromatic carbocycles. The molecule has 3 rings (SSSR count). The summed E-state index contributed by atoms with van der Waals surface area (Å²) in [6, 6.07) is 4.99. The lowest BCUT2D eigenvalue weighted by atomic mass is 10.0. The number of hydrogen-bond donors (Lipinski definition) is 0. The molecule has 25 heavy (non-hydrogen) atoms. The van der Waals surface area contributed by atoms with Gasteiger partial charge in [0.25, 0.3) is 0 Å². The standard InChI is InChI=1S/C17H20F3NO3S/c1-2-21(11-7-8-25(23,24)10-11)16(22)14-9-13(14)12-5-3-4-6-15(12)17(18,19)20/h3-6,11,13-14H,2,7-10H2,1H3/t11-,13+,14-/m1/s1. The summed E-state index contributed by atoms with van der Waals surface area (Å²) in [6.45, 7) is 2.13. The highest BCUT2D eigenvalue weighted by Crippen LogP contribution is 2.52. The predicted molar refractivity (Wildman–Crippen MR) is 86.7 cm³/mol. The van der Waals surface area contributed by atoms with E-state index >= 15 is 0 Å². The number of amides is 1. The summed E-state index contributed by atoms with van der Waals surface area (Å²) in [4.78, 5) is 14.3. The molecule has 0 bridgehead atoms. The van der Waals surface area contributed by atoms with Crippen molar-refractivity contribution < 1.29 is 26.4 Å². The second kappa shape index (κ2) is 6.30. The molecule has 1 aromatic rings. The number of rotatable bonds is 4. The molecule has 8 heteroatoms. The van der Waals surface area contributed by atoms with Crippen molar-refractivity contribution in [3.05, 3.63) is 35.4 Å². The zero-order valence-electron chi connectivity index (χ0n) is 13.8. The fourth-order valence-corrected chi connectivity index (χ4v) is 5.45. The number of carbonyl (C=O) groups excluding carboxylic acids is 1. The average Bonchev–Trinajstić information content (AvgIpc) is 3.25. The molecule has 0 aromatic heterocycles. The van der Waals surface area contributed by atoms with Crippen molar-refractivity contribution in [1.29, 1.82) is 0 Å². The maximum atomic E-state index is 13.2. The minimum absolute atomic E-state index is 0.0525. The molecule has 138 valence electrons. The molecular weight excluding hydrogens is 355 g/mol. The number of benzene rings is 1. The van der Waals surface area contributed by atoms with E-state index in [-0.39, 0.29) is 29.0 Å². The van der Waals surface area contributed by atoms with E-state index in [0.29, 0.717) is 19.4 Å². The van der Waals surface area contributed by atoms with Crippen molar-refractivity contribution in [1.82, 2.24) is 4.90 Å². The molecule has 2 aliphatic rings. The molecule has 2 fully saturated rings. The van der Waals surface area contributed by atoms with Gasteiger partial charge in [-0.25, -0.2) is 8.42 Å². The van der Waals surface area contributed by atoms with Gasteiger partial charge in [-0.15, -0.1) is 0 Å². The lowest BCUT2D eigenvalue weighted by Crippen LogP contribution is -2.42. The van der Waals surface area contributed by atoms with Crippen molar-refractivity contribution in [3.8, 4) is 0 Å². The Kier molecular flexibility index (Phi) is 4.59. The Bertz CT molecular complexity index is 776. The van der Waals surface area contributed by atoms with Crippen LogP contribution in [-0.2, 0) is 20.8 Å². The third-order valence-corrected chi connectivity index (χ3v) is 6.80. The molecule has 3 atom stereocenters. The first kappa shape index (κ1) is 18.2. The molecule has 4 nitrogen and oxygen atoms in total.